The second kappa shape index (κ2) is 8.42. The van der Waals surface area contributed by atoms with Gasteiger partial charge in [-0.25, -0.2) is 9.97 Å². The van der Waals surface area contributed by atoms with Gasteiger partial charge in [-0.2, -0.15) is 0 Å². The summed E-state index contributed by atoms with van der Waals surface area (Å²) in [6.07, 6.45) is 1.55. The van der Waals surface area contributed by atoms with Crippen molar-refractivity contribution in [2.45, 2.75) is 17.8 Å². The Morgan fingerprint density at radius 2 is 1.87 bits per heavy atom. The van der Waals surface area contributed by atoms with E-state index in [9.17, 15) is 9.59 Å². The monoisotopic (exact) mass is 435 g/mol. The van der Waals surface area contributed by atoms with Crippen LogP contribution in [0.25, 0.3) is 10.9 Å². The number of aromatic nitrogens is 3. The third-order valence-corrected chi connectivity index (χ3v) is 6.26. The first-order chi connectivity index (χ1) is 14.5. The molecule has 2 aromatic carbocycles. The maximum Gasteiger partial charge on any atom is 0.262 e. The standard InChI is InChI=1S/C23H18ClN3O2S/c1-14-5-3-7-18-19(14)22(29)27(2)23(26-18)30-13-15-8-10-16(11-9-15)20(28)17-6-4-12-25-21(17)24/h3-12H,13H2,1-2H3. The molecule has 0 amide bonds. The summed E-state index contributed by atoms with van der Waals surface area (Å²) < 4.78 is 1.59. The third-order valence-electron chi connectivity index (χ3n) is 4.86. The van der Waals surface area contributed by atoms with Crippen LogP contribution in [-0.4, -0.2) is 20.3 Å². The van der Waals surface area contributed by atoms with E-state index in [0.717, 1.165) is 11.1 Å². The van der Waals surface area contributed by atoms with Crippen molar-refractivity contribution in [3.63, 3.8) is 0 Å². The number of hydrogen-bond acceptors (Lipinski definition) is 5. The highest BCUT2D eigenvalue weighted by Gasteiger charge is 2.14. The quantitative estimate of drug-likeness (QED) is 0.195. The topological polar surface area (TPSA) is 64.8 Å². The molecule has 0 radical (unpaired) electrons. The Bertz CT molecular complexity index is 1320. The number of hydrogen-bond donors (Lipinski definition) is 0. The van der Waals surface area contributed by atoms with E-state index in [1.165, 1.54) is 11.8 Å². The summed E-state index contributed by atoms with van der Waals surface area (Å²) in [7, 11) is 1.74. The van der Waals surface area contributed by atoms with Crippen LogP contribution in [0.4, 0.5) is 0 Å². The molecule has 30 heavy (non-hydrogen) atoms. The lowest BCUT2D eigenvalue weighted by Gasteiger charge is -2.10. The first kappa shape index (κ1) is 20.3. The molecule has 0 atom stereocenters. The highest BCUT2D eigenvalue weighted by atomic mass is 35.5. The molecule has 5 nitrogen and oxygen atoms in total. The molecule has 0 spiro atoms. The number of pyridine rings is 1. The van der Waals surface area contributed by atoms with Gasteiger partial charge in [0.25, 0.3) is 5.56 Å². The maximum absolute atomic E-state index is 12.7. The minimum atomic E-state index is -0.165. The summed E-state index contributed by atoms with van der Waals surface area (Å²) in [5.41, 5.74) is 3.53. The molecule has 0 aliphatic rings. The lowest BCUT2D eigenvalue weighted by atomic mass is 10.0. The first-order valence-corrected chi connectivity index (χ1v) is 10.7. The fourth-order valence-electron chi connectivity index (χ4n) is 3.20. The molecule has 0 aliphatic carbocycles. The van der Waals surface area contributed by atoms with Crippen LogP contribution in [0.15, 0.2) is 70.7 Å². The van der Waals surface area contributed by atoms with E-state index in [1.54, 1.807) is 42.1 Å². The molecule has 0 N–H and O–H groups in total. The van der Waals surface area contributed by atoms with Crippen molar-refractivity contribution in [3.8, 4) is 0 Å². The molecule has 7 heteroatoms. The van der Waals surface area contributed by atoms with Gasteiger partial charge in [0.15, 0.2) is 10.9 Å². The molecular formula is C23H18ClN3O2S. The number of ketones is 1. The van der Waals surface area contributed by atoms with Crippen LogP contribution >= 0.6 is 23.4 Å². The fourth-order valence-corrected chi connectivity index (χ4v) is 4.33. The van der Waals surface area contributed by atoms with Gasteiger partial charge in [-0.05, 0) is 36.2 Å². The molecule has 4 rings (SSSR count). The van der Waals surface area contributed by atoms with Gasteiger partial charge in [0.2, 0.25) is 0 Å². The van der Waals surface area contributed by atoms with Gasteiger partial charge in [-0.1, -0.05) is 59.8 Å². The van der Waals surface area contributed by atoms with Gasteiger partial charge in [0, 0.05) is 24.6 Å². The number of halogens is 1. The van der Waals surface area contributed by atoms with Crippen molar-refractivity contribution in [2.24, 2.45) is 7.05 Å². The van der Waals surface area contributed by atoms with E-state index in [1.807, 2.05) is 37.3 Å². The lowest BCUT2D eigenvalue weighted by Crippen LogP contribution is -2.20. The van der Waals surface area contributed by atoms with Crippen molar-refractivity contribution in [3.05, 3.63) is 98.6 Å². The van der Waals surface area contributed by atoms with Crippen LogP contribution in [0.1, 0.15) is 27.0 Å². The number of carbonyl (C=O) groups excluding carboxylic acids is 1. The number of aryl methyl sites for hydroxylation is 1. The van der Waals surface area contributed by atoms with Crippen LogP contribution in [0.5, 0.6) is 0 Å². The Balaban J connectivity index is 1.54. The molecule has 0 saturated heterocycles. The molecule has 0 saturated carbocycles. The summed E-state index contributed by atoms with van der Waals surface area (Å²) in [4.78, 5) is 33.9. The van der Waals surface area contributed by atoms with E-state index >= 15 is 0 Å². The molecular weight excluding hydrogens is 418 g/mol. The normalized spacial score (nSPS) is 11.0. The van der Waals surface area contributed by atoms with Gasteiger partial charge in [0.05, 0.1) is 16.5 Å². The van der Waals surface area contributed by atoms with Crippen molar-refractivity contribution in [2.75, 3.05) is 0 Å². The first-order valence-electron chi connectivity index (χ1n) is 9.29. The van der Waals surface area contributed by atoms with Gasteiger partial charge in [-0.3, -0.25) is 14.2 Å². The minimum absolute atomic E-state index is 0.0464. The summed E-state index contributed by atoms with van der Waals surface area (Å²) in [6.45, 7) is 1.92. The van der Waals surface area contributed by atoms with Gasteiger partial charge < -0.3 is 0 Å². The number of rotatable bonds is 5. The van der Waals surface area contributed by atoms with Crippen molar-refractivity contribution < 1.29 is 4.79 Å². The Hall–Kier alpha value is -2.96. The Morgan fingerprint density at radius 3 is 2.60 bits per heavy atom. The van der Waals surface area contributed by atoms with E-state index in [0.29, 0.717) is 32.9 Å². The highest BCUT2D eigenvalue weighted by molar-refractivity contribution is 7.98. The van der Waals surface area contributed by atoms with Crippen LogP contribution < -0.4 is 5.56 Å². The fraction of sp³-hybridized carbons (Fsp3) is 0.130. The smallest absolute Gasteiger partial charge is 0.262 e. The van der Waals surface area contributed by atoms with E-state index < -0.39 is 0 Å². The second-order valence-corrected chi connectivity index (χ2v) is 8.18. The summed E-state index contributed by atoms with van der Waals surface area (Å²) in [6, 6.07) is 16.4. The zero-order valence-electron chi connectivity index (χ0n) is 16.4. The zero-order chi connectivity index (χ0) is 21.3. The number of nitrogens with zero attached hydrogens (tertiary/aromatic N) is 3. The van der Waals surface area contributed by atoms with Crippen molar-refractivity contribution in [1.82, 2.24) is 14.5 Å². The SMILES string of the molecule is Cc1cccc2nc(SCc3ccc(C(=O)c4cccnc4Cl)cc3)n(C)c(=O)c12. The largest absolute Gasteiger partial charge is 0.290 e. The summed E-state index contributed by atoms with van der Waals surface area (Å²) >= 11 is 7.51. The van der Waals surface area contributed by atoms with Gasteiger partial charge >= 0.3 is 0 Å². The molecule has 2 aromatic heterocycles. The predicted octanol–water partition coefficient (Wildman–Crippen LogP) is 4.81. The van der Waals surface area contributed by atoms with Gasteiger partial charge in [0.1, 0.15) is 5.15 Å². The number of carbonyl (C=O) groups is 1. The van der Waals surface area contributed by atoms with Crippen LogP contribution in [0, 0.1) is 6.92 Å². The number of fused-ring (bicyclic) bond motifs is 1. The maximum atomic E-state index is 12.7. The Labute approximate surface area is 182 Å². The van der Waals surface area contributed by atoms with E-state index in [4.69, 9.17) is 11.6 Å². The van der Waals surface area contributed by atoms with Gasteiger partial charge in [-0.15, -0.1) is 0 Å². The van der Waals surface area contributed by atoms with Crippen LogP contribution in [-0.2, 0) is 12.8 Å². The molecule has 0 bridgehead atoms. The second-order valence-electron chi connectivity index (χ2n) is 6.88. The molecule has 4 aromatic rings. The van der Waals surface area contributed by atoms with Crippen LogP contribution in [0.2, 0.25) is 5.15 Å². The van der Waals surface area contributed by atoms with Crippen molar-refractivity contribution >= 4 is 40.0 Å². The molecule has 2 heterocycles. The molecule has 150 valence electrons. The lowest BCUT2D eigenvalue weighted by molar-refractivity contribution is 0.103. The molecule has 0 aliphatic heterocycles. The summed E-state index contributed by atoms with van der Waals surface area (Å²) in [5, 5.41) is 1.50. The van der Waals surface area contributed by atoms with Crippen LogP contribution in [0.3, 0.4) is 0 Å². The predicted molar refractivity (Wildman–Crippen MR) is 120 cm³/mol. The zero-order valence-corrected chi connectivity index (χ0v) is 18.0. The molecule has 0 unspecified atom stereocenters. The minimum Gasteiger partial charge on any atom is -0.290 e. The average Bonchev–Trinajstić information content (AvgIpc) is 2.75. The van der Waals surface area contributed by atoms with E-state index in [2.05, 4.69) is 9.97 Å². The van der Waals surface area contributed by atoms with E-state index in [-0.39, 0.29) is 16.5 Å². The Morgan fingerprint density at radius 1 is 1.10 bits per heavy atom. The molecule has 0 fully saturated rings. The Kier molecular flexibility index (Phi) is 5.70. The summed E-state index contributed by atoms with van der Waals surface area (Å²) in [5.74, 6) is 0.459. The highest BCUT2D eigenvalue weighted by Crippen LogP contribution is 2.23. The van der Waals surface area contributed by atoms with Crippen molar-refractivity contribution in [1.29, 1.82) is 0 Å². The number of benzene rings is 2. The number of thioether (sulfide) groups is 1. The third kappa shape index (κ3) is 3.88. The average molecular weight is 436 g/mol.